The van der Waals surface area contributed by atoms with Crippen molar-refractivity contribution in [1.82, 2.24) is 0 Å². The topological polar surface area (TPSA) is 9.23 Å². The van der Waals surface area contributed by atoms with Gasteiger partial charge in [0.2, 0.25) is 0 Å². The number of hydrogen-bond donors (Lipinski definition) is 0. The molecule has 1 aromatic rings. The van der Waals surface area contributed by atoms with Crippen LogP contribution in [0.25, 0.3) is 0 Å². The van der Waals surface area contributed by atoms with Crippen molar-refractivity contribution in [3.63, 3.8) is 0 Å². The summed E-state index contributed by atoms with van der Waals surface area (Å²) in [5, 5.41) is 0. The average Bonchev–Trinajstić information content (AvgIpc) is 2.25. The monoisotopic (exact) mass is 186 g/mol. The number of para-hydroxylation sites is 1. The summed E-state index contributed by atoms with van der Waals surface area (Å²) in [6.07, 6.45) is 7.42. The van der Waals surface area contributed by atoms with Gasteiger partial charge in [-0.1, -0.05) is 36.9 Å². The highest BCUT2D eigenvalue weighted by Crippen LogP contribution is 2.13. The summed E-state index contributed by atoms with van der Waals surface area (Å²) in [6, 6.07) is 9.65. The van der Waals surface area contributed by atoms with Gasteiger partial charge in [0, 0.05) is 0 Å². The van der Waals surface area contributed by atoms with Gasteiger partial charge < -0.3 is 4.74 Å². The molecule has 0 N–H and O–H groups in total. The predicted octanol–water partition coefficient (Wildman–Crippen LogP) is 3.71. The number of ether oxygens (including phenoxy) is 1. The maximum atomic E-state index is 5.56. The normalized spacial score (nSPS) is 11.6. The molecule has 0 aliphatic heterocycles. The summed E-state index contributed by atoms with van der Waals surface area (Å²) in [5.74, 6) is 1.57. The Morgan fingerprint density at radius 2 is 2.00 bits per heavy atom. The van der Waals surface area contributed by atoms with Gasteiger partial charge in [0.05, 0.1) is 0 Å². The highest BCUT2D eigenvalue weighted by molar-refractivity contribution is 5.27. The molecule has 0 aliphatic rings. The third-order valence-corrected chi connectivity index (χ3v) is 1.63. The highest BCUT2D eigenvalue weighted by atomic mass is 16.5. The summed E-state index contributed by atoms with van der Waals surface area (Å²) in [4.78, 5) is 0. The molecule has 1 nitrogen and oxygen atoms in total. The molecule has 0 heterocycles. The Labute approximate surface area is 85.0 Å². The lowest BCUT2D eigenvalue weighted by Gasteiger charge is -2.04. The van der Waals surface area contributed by atoms with Gasteiger partial charge in [-0.3, -0.25) is 0 Å². The van der Waals surface area contributed by atoms with E-state index in [0.717, 1.165) is 11.5 Å². The number of rotatable bonds is 4. The maximum Gasteiger partial charge on any atom is 0.127 e. The SMILES string of the molecule is C=C/C(=C\C=C/C)Oc1ccccc1. The lowest BCUT2D eigenvalue weighted by molar-refractivity contribution is 0.445. The van der Waals surface area contributed by atoms with Gasteiger partial charge in [0.25, 0.3) is 0 Å². The molecule has 14 heavy (non-hydrogen) atoms. The molecule has 1 heteroatoms. The molecule has 0 saturated carbocycles. The van der Waals surface area contributed by atoms with E-state index in [9.17, 15) is 0 Å². The molecule has 0 bridgehead atoms. The van der Waals surface area contributed by atoms with Crippen LogP contribution >= 0.6 is 0 Å². The smallest absolute Gasteiger partial charge is 0.127 e. The van der Waals surface area contributed by atoms with Crippen molar-refractivity contribution in [2.24, 2.45) is 0 Å². The number of allylic oxidation sites excluding steroid dienone is 4. The molecule has 0 fully saturated rings. The molecule has 72 valence electrons. The Morgan fingerprint density at radius 3 is 2.57 bits per heavy atom. The second-order valence-corrected chi connectivity index (χ2v) is 2.71. The molecular weight excluding hydrogens is 172 g/mol. The molecular formula is C13H14O. The van der Waals surface area contributed by atoms with Crippen molar-refractivity contribution in [2.45, 2.75) is 6.92 Å². The quantitative estimate of drug-likeness (QED) is 0.514. The first-order valence-electron chi connectivity index (χ1n) is 4.55. The molecule has 0 atom stereocenters. The van der Waals surface area contributed by atoms with Crippen molar-refractivity contribution >= 4 is 0 Å². The van der Waals surface area contributed by atoms with E-state index in [2.05, 4.69) is 6.58 Å². The fourth-order valence-electron chi connectivity index (χ4n) is 0.959. The van der Waals surface area contributed by atoms with Crippen LogP contribution in [0.2, 0.25) is 0 Å². The minimum absolute atomic E-state index is 0.745. The fraction of sp³-hybridized carbons (Fsp3) is 0.0769. The molecule has 1 aromatic carbocycles. The van der Waals surface area contributed by atoms with Crippen molar-refractivity contribution < 1.29 is 4.74 Å². The van der Waals surface area contributed by atoms with Gasteiger partial charge in [0.15, 0.2) is 0 Å². The summed E-state index contributed by atoms with van der Waals surface area (Å²) in [7, 11) is 0. The Kier molecular flexibility index (Phi) is 4.29. The van der Waals surface area contributed by atoms with Crippen LogP contribution in [-0.2, 0) is 0 Å². The van der Waals surface area contributed by atoms with Crippen molar-refractivity contribution in [3.8, 4) is 5.75 Å². The van der Waals surface area contributed by atoms with Gasteiger partial charge in [0.1, 0.15) is 11.5 Å². The molecule has 0 spiro atoms. The van der Waals surface area contributed by atoms with Gasteiger partial charge in [-0.05, 0) is 31.2 Å². The molecule has 0 saturated heterocycles. The van der Waals surface area contributed by atoms with E-state index in [1.54, 1.807) is 6.08 Å². The molecule has 0 unspecified atom stereocenters. The first-order valence-corrected chi connectivity index (χ1v) is 4.55. The van der Waals surface area contributed by atoms with Crippen LogP contribution in [0.1, 0.15) is 6.92 Å². The van der Waals surface area contributed by atoms with Crippen molar-refractivity contribution in [3.05, 3.63) is 67.0 Å². The lowest BCUT2D eigenvalue weighted by atomic mass is 10.3. The predicted molar refractivity (Wildman–Crippen MR) is 60.2 cm³/mol. The van der Waals surface area contributed by atoms with E-state index in [1.165, 1.54) is 0 Å². The van der Waals surface area contributed by atoms with Gasteiger partial charge in [-0.25, -0.2) is 0 Å². The Morgan fingerprint density at radius 1 is 1.29 bits per heavy atom. The summed E-state index contributed by atoms with van der Waals surface area (Å²) in [6.45, 7) is 5.64. The van der Waals surface area contributed by atoms with E-state index in [-0.39, 0.29) is 0 Å². The average molecular weight is 186 g/mol. The zero-order valence-electron chi connectivity index (χ0n) is 8.31. The summed E-state index contributed by atoms with van der Waals surface area (Å²) >= 11 is 0. The van der Waals surface area contributed by atoms with E-state index in [0.29, 0.717) is 0 Å². The Hall–Kier alpha value is -1.76. The minimum Gasteiger partial charge on any atom is -0.457 e. The van der Waals surface area contributed by atoms with Crippen LogP contribution in [0.4, 0.5) is 0 Å². The van der Waals surface area contributed by atoms with Gasteiger partial charge >= 0.3 is 0 Å². The molecule has 0 radical (unpaired) electrons. The Balaban J connectivity index is 2.71. The zero-order valence-corrected chi connectivity index (χ0v) is 8.31. The van der Waals surface area contributed by atoms with Crippen LogP contribution in [0.3, 0.4) is 0 Å². The largest absolute Gasteiger partial charge is 0.457 e. The highest BCUT2D eigenvalue weighted by Gasteiger charge is 1.93. The fourth-order valence-corrected chi connectivity index (χ4v) is 0.959. The zero-order chi connectivity index (χ0) is 10.2. The molecule has 0 aromatic heterocycles. The van der Waals surface area contributed by atoms with E-state index < -0.39 is 0 Å². The molecule has 0 amide bonds. The molecule has 0 aliphatic carbocycles. The lowest BCUT2D eigenvalue weighted by Crippen LogP contribution is -1.90. The summed E-state index contributed by atoms with van der Waals surface area (Å²) in [5.41, 5.74) is 0. The van der Waals surface area contributed by atoms with Gasteiger partial charge in [-0.2, -0.15) is 0 Å². The molecule has 1 rings (SSSR count). The van der Waals surface area contributed by atoms with Crippen molar-refractivity contribution in [2.75, 3.05) is 0 Å². The van der Waals surface area contributed by atoms with E-state index >= 15 is 0 Å². The third-order valence-electron chi connectivity index (χ3n) is 1.63. The number of hydrogen-bond acceptors (Lipinski definition) is 1. The van der Waals surface area contributed by atoms with Crippen LogP contribution in [0.5, 0.6) is 5.75 Å². The number of benzene rings is 1. The van der Waals surface area contributed by atoms with Crippen molar-refractivity contribution in [1.29, 1.82) is 0 Å². The summed E-state index contributed by atoms with van der Waals surface area (Å²) < 4.78 is 5.56. The second-order valence-electron chi connectivity index (χ2n) is 2.71. The Bertz CT molecular complexity index is 334. The van der Waals surface area contributed by atoms with Crippen LogP contribution in [-0.4, -0.2) is 0 Å². The van der Waals surface area contributed by atoms with Crippen LogP contribution in [0, 0.1) is 0 Å². The van der Waals surface area contributed by atoms with Crippen LogP contribution < -0.4 is 4.74 Å². The first-order chi connectivity index (χ1) is 6.86. The third kappa shape index (κ3) is 3.31. The van der Waals surface area contributed by atoms with Gasteiger partial charge in [-0.15, -0.1) is 0 Å². The standard InChI is InChI=1S/C13H14O/c1-3-5-9-12(4-2)14-13-10-7-6-8-11-13/h3-11H,2H2,1H3/b5-3-,12-9+. The van der Waals surface area contributed by atoms with E-state index in [4.69, 9.17) is 4.74 Å². The minimum atomic E-state index is 0.745. The van der Waals surface area contributed by atoms with Crippen LogP contribution in [0.15, 0.2) is 67.0 Å². The maximum absolute atomic E-state index is 5.56. The van der Waals surface area contributed by atoms with E-state index in [1.807, 2.05) is 55.5 Å². The second kappa shape index (κ2) is 5.81. The first kappa shape index (κ1) is 10.3.